The summed E-state index contributed by atoms with van der Waals surface area (Å²) >= 11 is 0. The molecule has 0 aromatic heterocycles. The standard InChI is InChI=1S/C8H14N2O3/c1-9-6(4-3-5-11)7(12)10(2)8(9)13/h6,11H,3-5H2,1-2H3. The van der Waals surface area contributed by atoms with Crippen molar-refractivity contribution in [3.05, 3.63) is 0 Å². The molecule has 1 rings (SSSR count). The van der Waals surface area contributed by atoms with E-state index < -0.39 is 0 Å². The molecule has 1 fully saturated rings. The van der Waals surface area contributed by atoms with Crippen LogP contribution in [0.25, 0.3) is 0 Å². The SMILES string of the molecule is CN1C(=O)C(CCCO)N(C)C1=O. The maximum absolute atomic E-state index is 11.4. The summed E-state index contributed by atoms with van der Waals surface area (Å²) in [6.45, 7) is 0.0511. The van der Waals surface area contributed by atoms with Crippen molar-refractivity contribution in [2.24, 2.45) is 0 Å². The lowest BCUT2D eigenvalue weighted by Gasteiger charge is -2.14. The number of carbonyl (C=O) groups excluding carboxylic acids is 2. The number of nitrogens with zero attached hydrogens (tertiary/aromatic N) is 2. The monoisotopic (exact) mass is 186 g/mol. The van der Waals surface area contributed by atoms with Crippen molar-refractivity contribution in [3.8, 4) is 0 Å². The lowest BCUT2D eigenvalue weighted by atomic mass is 10.1. The Bertz CT molecular complexity index is 229. The van der Waals surface area contributed by atoms with Gasteiger partial charge in [-0.25, -0.2) is 4.79 Å². The van der Waals surface area contributed by atoms with Gasteiger partial charge in [0.25, 0.3) is 5.91 Å². The Morgan fingerprint density at radius 3 is 2.38 bits per heavy atom. The predicted molar refractivity (Wildman–Crippen MR) is 46.0 cm³/mol. The molecule has 5 heteroatoms. The highest BCUT2D eigenvalue weighted by atomic mass is 16.3. The van der Waals surface area contributed by atoms with Gasteiger partial charge in [-0.1, -0.05) is 0 Å². The topological polar surface area (TPSA) is 60.9 Å². The Balaban J connectivity index is 2.64. The number of likely N-dealkylation sites (N-methyl/N-ethyl adjacent to an activating group) is 2. The number of hydrogen-bond donors (Lipinski definition) is 1. The zero-order valence-electron chi connectivity index (χ0n) is 7.86. The third kappa shape index (κ3) is 1.65. The van der Waals surface area contributed by atoms with Crippen molar-refractivity contribution < 1.29 is 14.7 Å². The number of hydrogen-bond acceptors (Lipinski definition) is 3. The van der Waals surface area contributed by atoms with Gasteiger partial charge in [0, 0.05) is 20.7 Å². The molecule has 74 valence electrons. The summed E-state index contributed by atoms with van der Waals surface area (Å²) < 4.78 is 0. The van der Waals surface area contributed by atoms with Gasteiger partial charge in [0.15, 0.2) is 0 Å². The van der Waals surface area contributed by atoms with E-state index in [4.69, 9.17) is 5.11 Å². The smallest absolute Gasteiger partial charge is 0.326 e. The molecular formula is C8H14N2O3. The molecule has 0 spiro atoms. The maximum atomic E-state index is 11.4. The molecule has 13 heavy (non-hydrogen) atoms. The predicted octanol–water partition coefficient (Wildman–Crippen LogP) is -0.349. The Hall–Kier alpha value is -1.10. The quantitative estimate of drug-likeness (QED) is 0.613. The van der Waals surface area contributed by atoms with Crippen LogP contribution in [0.15, 0.2) is 0 Å². The number of carbonyl (C=O) groups is 2. The molecule has 1 saturated heterocycles. The van der Waals surface area contributed by atoms with Crippen LogP contribution in [-0.4, -0.2) is 53.6 Å². The van der Waals surface area contributed by atoms with Crippen molar-refractivity contribution in [2.45, 2.75) is 18.9 Å². The van der Waals surface area contributed by atoms with Crippen molar-refractivity contribution in [1.82, 2.24) is 9.80 Å². The van der Waals surface area contributed by atoms with Crippen LogP contribution in [0, 0.1) is 0 Å². The van der Waals surface area contributed by atoms with Gasteiger partial charge >= 0.3 is 6.03 Å². The fourth-order valence-corrected chi connectivity index (χ4v) is 1.46. The number of amides is 3. The summed E-state index contributed by atoms with van der Waals surface area (Å²) in [7, 11) is 3.08. The fourth-order valence-electron chi connectivity index (χ4n) is 1.46. The van der Waals surface area contributed by atoms with E-state index in [1.165, 1.54) is 11.9 Å². The molecule has 0 bridgehead atoms. The molecule has 0 saturated carbocycles. The van der Waals surface area contributed by atoms with Crippen LogP contribution in [0.1, 0.15) is 12.8 Å². The first-order chi connectivity index (χ1) is 6.09. The van der Waals surface area contributed by atoms with E-state index in [1.807, 2.05) is 0 Å². The Labute approximate surface area is 76.9 Å². The molecule has 0 aromatic rings. The zero-order chi connectivity index (χ0) is 10.0. The average molecular weight is 186 g/mol. The second-order valence-electron chi connectivity index (χ2n) is 3.17. The Morgan fingerprint density at radius 1 is 1.38 bits per heavy atom. The molecule has 1 aliphatic rings. The van der Waals surface area contributed by atoms with Crippen molar-refractivity contribution >= 4 is 11.9 Å². The van der Waals surface area contributed by atoms with Gasteiger partial charge in [-0.15, -0.1) is 0 Å². The highest BCUT2D eigenvalue weighted by Crippen LogP contribution is 2.17. The fraction of sp³-hybridized carbons (Fsp3) is 0.750. The number of urea groups is 1. The highest BCUT2D eigenvalue weighted by molar-refractivity contribution is 6.03. The lowest BCUT2D eigenvalue weighted by molar-refractivity contribution is -0.127. The van der Waals surface area contributed by atoms with Crippen LogP contribution in [0.5, 0.6) is 0 Å². The van der Waals surface area contributed by atoms with Gasteiger partial charge in [0.2, 0.25) is 0 Å². The molecule has 1 N–H and O–H groups in total. The third-order valence-electron chi connectivity index (χ3n) is 2.31. The summed E-state index contributed by atoms with van der Waals surface area (Å²) in [5.74, 6) is -0.180. The normalized spacial score (nSPS) is 23.2. The molecule has 0 aromatic carbocycles. The summed E-state index contributed by atoms with van der Waals surface area (Å²) in [5.41, 5.74) is 0. The molecule has 1 atom stereocenters. The van der Waals surface area contributed by atoms with E-state index in [1.54, 1.807) is 7.05 Å². The zero-order valence-corrected chi connectivity index (χ0v) is 7.86. The molecule has 3 amide bonds. The summed E-state index contributed by atoms with van der Waals surface area (Å²) in [6, 6.07) is -0.655. The van der Waals surface area contributed by atoms with Gasteiger partial charge in [0.05, 0.1) is 0 Å². The van der Waals surface area contributed by atoms with Crippen molar-refractivity contribution in [3.63, 3.8) is 0 Å². The molecule has 5 nitrogen and oxygen atoms in total. The van der Waals surface area contributed by atoms with Crippen LogP contribution >= 0.6 is 0 Å². The van der Waals surface area contributed by atoms with E-state index in [-0.39, 0.29) is 24.6 Å². The minimum atomic E-state index is -0.385. The van der Waals surface area contributed by atoms with Crippen LogP contribution < -0.4 is 0 Å². The van der Waals surface area contributed by atoms with Crippen LogP contribution in [0.4, 0.5) is 4.79 Å². The van der Waals surface area contributed by atoms with Gasteiger partial charge in [0.1, 0.15) is 6.04 Å². The molecule has 1 unspecified atom stereocenters. The number of imide groups is 1. The minimum absolute atomic E-state index is 0.0511. The minimum Gasteiger partial charge on any atom is -0.396 e. The molecule has 0 radical (unpaired) electrons. The average Bonchev–Trinajstić information content (AvgIpc) is 2.30. The first kappa shape index (κ1) is 9.98. The van der Waals surface area contributed by atoms with Gasteiger partial charge in [-0.2, -0.15) is 0 Å². The summed E-state index contributed by atoms with van der Waals surface area (Å²) in [4.78, 5) is 25.2. The van der Waals surface area contributed by atoms with Crippen molar-refractivity contribution in [1.29, 1.82) is 0 Å². The van der Waals surface area contributed by atoms with Gasteiger partial charge < -0.3 is 10.0 Å². The maximum Gasteiger partial charge on any atom is 0.326 e. The van der Waals surface area contributed by atoms with Crippen LogP contribution in [0.2, 0.25) is 0 Å². The van der Waals surface area contributed by atoms with E-state index >= 15 is 0 Å². The van der Waals surface area contributed by atoms with Crippen LogP contribution in [0.3, 0.4) is 0 Å². The van der Waals surface area contributed by atoms with E-state index in [2.05, 4.69) is 0 Å². The largest absolute Gasteiger partial charge is 0.396 e. The molecular weight excluding hydrogens is 172 g/mol. The van der Waals surface area contributed by atoms with Gasteiger partial charge in [-0.3, -0.25) is 9.69 Å². The number of aliphatic hydroxyl groups is 1. The van der Waals surface area contributed by atoms with Gasteiger partial charge in [-0.05, 0) is 12.8 Å². The lowest BCUT2D eigenvalue weighted by Crippen LogP contribution is -2.31. The van der Waals surface area contributed by atoms with Crippen molar-refractivity contribution in [2.75, 3.05) is 20.7 Å². The van der Waals surface area contributed by atoms with E-state index in [0.717, 1.165) is 4.90 Å². The second kappa shape index (κ2) is 3.74. The molecule has 1 aliphatic heterocycles. The first-order valence-corrected chi connectivity index (χ1v) is 4.24. The molecule has 1 heterocycles. The summed E-state index contributed by atoms with van der Waals surface area (Å²) in [6.07, 6.45) is 1.07. The first-order valence-electron chi connectivity index (χ1n) is 4.24. The van der Waals surface area contributed by atoms with Crippen LogP contribution in [-0.2, 0) is 4.79 Å². The highest BCUT2D eigenvalue weighted by Gasteiger charge is 2.39. The second-order valence-corrected chi connectivity index (χ2v) is 3.17. The number of rotatable bonds is 3. The Kier molecular flexibility index (Phi) is 2.87. The summed E-state index contributed by atoms with van der Waals surface area (Å²) in [5, 5.41) is 8.60. The van der Waals surface area contributed by atoms with E-state index in [9.17, 15) is 9.59 Å². The Morgan fingerprint density at radius 2 is 2.00 bits per heavy atom. The van der Waals surface area contributed by atoms with E-state index in [0.29, 0.717) is 12.8 Å². The number of aliphatic hydroxyl groups excluding tert-OH is 1. The molecule has 0 aliphatic carbocycles. The third-order valence-corrected chi connectivity index (χ3v) is 2.31.